The maximum Gasteiger partial charge on any atom is 0.410 e. The van der Waals surface area contributed by atoms with Crippen LogP contribution in [0, 0.1) is 11.3 Å². The topological polar surface area (TPSA) is 123 Å². The van der Waals surface area contributed by atoms with Gasteiger partial charge in [0.15, 0.2) is 5.69 Å². The van der Waals surface area contributed by atoms with E-state index in [1.165, 1.54) is 13.3 Å². The number of ether oxygens (including phenoxy) is 2. The highest BCUT2D eigenvalue weighted by molar-refractivity contribution is 5.96. The van der Waals surface area contributed by atoms with Gasteiger partial charge in [0.2, 0.25) is 0 Å². The van der Waals surface area contributed by atoms with Crippen molar-refractivity contribution in [3.05, 3.63) is 41.7 Å². The van der Waals surface area contributed by atoms with Crippen molar-refractivity contribution in [2.75, 3.05) is 31.2 Å². The lowest BCUT2D eigenvalue weighted by Gasteiger charge is -2.34. The fourth-order valence-corrected chi connectivity index (χ4v) is 3.61. The molecule has 3 rings (SSSR count). The standard InChI is InChI=1S/C23H29N5O4/c1-23(2,3)32-22(30)27-11-9-17(10-12-27)26-16-5-7-18(8-6-16)28-14-15(13-24)19(25)20(28)21(29)31-4/h5-8,14,17,26H,9-12,25H2,1-4H3. The van der Waals surface area contributed by atoms with Crippen LogP contribution in [0.5, 0.6) is 0 Å². The van der Waals surface area contributed by atoms with Crippen LogP contribution in [0.4, 0.5) is 16.2 Å². The summed E-state index contributed by atoms with van der Waals surface area (Å²) in [4.78, 5) is 26.1. The van der Waals surface area contributed by atoms with Gasteiger partial charge in [-0.1, -0.05) is 0 Å². The molecule has 32 heavy (non-hydrogen) atoms. The Labute approximate surface area is 187 Å². The van der Waals surface area contributed by atoms with E-state index in [1.54, 1.807) is 9.47 Å². The molecule has 2 aromatic rings. The van der Waals surface area contributed by atoms with Gasteiger partial charge in [0, 0.05) is 36.7 Å². The Bertz CT molecular complexity index is 1020. The largest absolute Gasteiger partial charge is 0.464 e. The first-order valence-electron chi connectivity index (χ1n) is 10.5. The second-order valence-electron chi connectivity index (χ2n) is 8.71. The van der Waals surface area contributed by atoms with E-state index in [0.717, 1.165) is 18.5 Å². The van der Waals surface area contributed by atoms with Crippen molar-refractivity contribution < 1.29 is 19.1 Å². The first kappa shape index (κ1) is 23.0. The van der Waals surface area contributed by atoms with Crippen molar-refractivity contribution in [2.45, 2.75) is 45.3 Å². The van der Waals surface area contributed by atoms with Gasteiger partial charge in [-0.05, 0) is 57.9 Å². The lowest BCUT2D eigenvalue weighted by Crippen LogP contribution is -2.44. The van der Waals surface area contributed by atoms with Crippen molar-refractivity contribution in [3.8, 4) is 11.8 Å². The number of hydrogen-bond acceptors (Lipinski definition) is 7. The third-order valence-corrected chi connectivity index (χ3v) is 5.21. The zero-order chi connectivity index (χ0) is 23.5. The molecule has 0 unspecified atom stereocenters. The number of hydrogen-bond donors (Lipinski definition) is 2. The number of amides is 1. The number of piperidine rings is 1. The number of nitrogens with two attached hydrogens (primary N) is 1. The van der Waals surface area contributed by atoms with Crippen LogP contribution < -0.4 is 11.1 Å². The van der Waals surface area contributed by atoms with Gasteiger partial charge in [0.1, 0.15) is 11.7 Å². The first-order valence-corrected chi connectivity index (χ1v) is 10.5. The number of nitriles is 1. The molecular weight excluding hydrogens is 410 g/mol. The first-order chi connectivity index (χ1) is 15.1. The molecule has 9 nitrogen and oxygen atoms in total. The summed E-state index contributed by atoms with van der Waals surface area (Å²) < 4.78 is 11.8. The molecule has 1 aromatic carbocycles. The number of nitrogens with zero attached hydrogens (tertiary/aromatic N) is 3. The van der Waals surface area contributed by atoms with Crippen LogP contribution >= 0.6 is 0 Å². The second-order valence-corrected chi connectivity index (χ2v) is 8.71. The Balaban J connectivity index is 1.65. The minimum absolute atomic E-state index is 0.0956. The maximum atomic E-state index is 12.2. The van der Waals surface area contributed by atoms with Gasteiger partial charge in [0.25, 0.3) is 0 Å². The molecule has 1 aromatic heterocycles. The van der Waals surface area contributed by atoms with Crippen LogP contribution in [-0.2, 0) is 9.47 Å². The highest BCUT2D eigenvalue weighted by Crippen LogP contribution is 2.26. The zero-order valence-electron chi connectivity index (χ0n) is 18.8. The molecule has 3 N–H and O–H groups in total. The number of nitrogen functional groups attached to an aromatic ring is 1. The molecular formula is C23H29N5O4. The number of carbonyl (C=O) groups excluding carboxylic acids is 2. The summed E-state index contributed by atoms with van der Waals surface area (Å²) in [7, 11) is 1.27. The van der Waals surface area contributed by atoms with Gasteiger partial charge >= 0.3 is 12.1 Å². The summed E-state index contributed by atoms with van der Waals surface area (Å²) in [5, 5.41) is 12.7. The monoisotopic (exact) mass is 439 g/mol. The SMILES string of the molecule is COC(=O)c1c(N)c(C#N)cn1-c1ccc(NC2CCN(C(=O)OC(C)(C)C)CC2)cc1. The molecule has 0 atom stereocenters. The number of likely N-dealkylation sites (tertiary alicyclic amines) is 1. The number of nitrogens with one attached hydrogen (secondary N) is 1. The van der Waals surface area contributed by atoms with Crippen LogP contribution in [-0.4, -0.2) is 53.4 Å². The molecule has 9 heteroatoms. The highest BCUT2D eigenvalue weighted by atomic mass is 16.6. The van der Waals surface area contributed by atoms with E-state index >= 15 is 0 Å². The predicted octanol–water partition coefficient (Wildman–Crippen LogP) is 3.53. The third kappa shape index (κ3) is 5.14. The summed E-state index contributed by atoms with van der Waals surface area (Å²) in [6, 6.07) is 9.71. The van der Waals surface area contributed by atoms with Gasteiger partial charge in [-0.15, -0.1) is 0 Å². The summed E-state index contributed by atoms with van der Waals surface area (Å²) in [6.07, 6.45) is 2.88. The normalized spacial score (nSPS) is 14.5. The smallest absolute Gasteiger partial charge is 0.410 e. The lowest BCUT2D eigenvalue weighted by atomic mass is 10.0. The number of aromatic nitrogens is 1. The number of carbonyl (C=O) groups is 2. The van der Waals surface area contributed by atoms with Crippen molar-refractivity contribution >= 4 is 23.4 Å². The number of methoxy groups -OCH3 is 1. The van der Waals surface area contributed by atoms with Crippen molar-refractivity contribution in [1.29, 1.82) is 5.26 Å². The van der Waals surface area contributed by atoms with E-state index in [0.29, 0.717) is 18.8 Å². The van der Waals surface area contributed by atoms with Crippen molar-refractivity contribution in [1.82, 2.24) is 9.47 Å². The van der Waals surface area contributed by atoms with E-state index in [4.69, 9.17) is 15.2 Å². The molecule has 1 amide bonds. The quantitative estimate of drug-likeness (QED) is 0.699. The molecule has 1 fully saturated rings. The van der Waals surface area contributed by atoms with Crippen LogP contribution in [0.2, 0.25) is 0 Å². The average molecular weight is 440 g/mol. The summed E-state index contributed by atoms with van der Waals surface area (Å²) >= 11 is 0. The maximum absolute atomic E-state index is 12.2. The molecule has 0 saturated carbocycles. The Kier molecular flexibility index (Phi) is 6.63. The minimum atomic E-state index is -0.608. The van der Waals surface area contributed by atoms with Crippen LogP contribution in [0.1, 0.15) is 49.7 Å². The Morgan fingerprint density at radius 2 is 1.81 bits per heavy atom. The molecule has 2 heterocycles. The Morgan fingerprint density at radius 1 is 1.19 bits per heavy atom. The molecule has 0 aliphatic carbocycles. The van der Waals surface area contributed by atoms with Gasteiger partial charge in [-0.2, -0.15) is 5.26 Å². The summed E-state index contributed by atoms with van der Waals surface area (Å²) in [5.41, 5.74) is 7.49. The fraction of sp³-hybridized carbons (Fsp3) is 0.435. The molecule has 0 radical (unpaired) electrons. The summed E-state index contributed by atoms with van der Waals surface area (Å²) in [6.45, 7) is 6.85. The van der Waals surface area contributed by atoms with Crippen LogP contribution in [0.25, 0.3) is 5.69 Å². The molecule has 1 aliphatic rings. The fourth-order valence-electron chi connectivity index (χ4n) is 3.61. The highest BCUT2D eigenvalue weighted by Gasteiger charge is 2.27. The molecule has 1 saturated heterocycles. The molecule has 0 bridgehead atoms. The second kappa shape index (κ2) is 9.22. The van der Waals surface area contributed by atoms with E-state index in [2.05, 4.69) is 5.32 Å². The number of anilines is 2. The predicted molar refractivity (Wildman–Crippen MR) is 121 cm³/mol. The van der Waals surface area contributed by atoms with Gasteiger partial charge in [-0.25, -0.2) is 9.59 Å². The molecule has 170 valence electrons. The number of esters is 1. The number of rotatable bonds is 4. The lowest BCUT2D eigenvalue weighted by molar-refractivity contribution is 0.0210. The van der Waals surface area contributed by atoms with Crippen molar-refractivity contribution in [3.63, 3.8) is 0 Å². The van der Waals surface area contributed by atoms with E-state index in [1.807, 2.05) is 51.1 Å². The van der Waals surface area contributed by atoms with Crippen LogP contribution in [0.15, 0.2) is 30.5 Å². The van der Waals surface area contributed by atoms with Gasteiger partial charge in [0.05, 0.1) is 18.4 Å². The Morgan fingerprint density at radius 3 is 2.34 bits per heavy atom. The molecule has 0 spiro atoms. The summed E-state index contributed by atoms with van der Waals surface area (Å²) in [5.74, 6) is -0.608. The van der Waals surface area contributed by atoms with E-state index in [-0.39, 0.29) is 29.1 Å². The van der Waals surface area contributed by atoms with Crippen LogP contribution in [0.3, 0.4) is 0 Å². The molecule has 1 aliphatic heterocycles. The third-order valence-electron chi connectivity index (χ3n) is 5.21. The van der Waals surface area contributed by atoms with E-state index in [9.17, 15) is 14.9 Å². The minimum Gasteiger partial charge on any atom is -0.464 e. The average Bonchev–Trinajstić information content (AvgIpc) is 3.09. The van der Waals surface area contributed by atoms with E-state index < -0.39 is 11.6 Å². The van der Waals surface area contributed by atoms with Crippen molar-refractivity contribution in [2.24, 2.45) is 0 Å². The number of benzene rings is 1. The van der Waals surface area contributed by atoms with Gasteiger partial charge < -0.3 is 30.0 Å². The Hall–Kier alpha value is -3.67. The zero-order valence-corrected chi connectivity index (χ0v) is 18.8. The van der Waals surface area contributed by atoms with Gasteiger partial charge in [-0.3, -0.25) is 0 Å².